The van der Waals surface area contributed by atoms with Crippen molar-refractivity contribution in [2.45, 2.75) is 75.9 Å². The molecule has 0 spiro atoms. The summed E-state index contributed by atoms with van der Waals surface area (Å²) in [7, 11) is -4.16. The van der Waals surface area contributed by atoms with E-state index in [1.54, 1.807) is 54.6 Å². The minimum Gasteiger partial charge on any atom is -0.352 e. The lowest BCUT2D eigenvalue weighted by molar-refractivity contribution is -0.140. The zero-order valence-corrected chi connectivity index (χ0v) is 26.3. The van der Waals surface area contributed by atoms with E-state index in [2.05, 4.69) is 5.32 Å². The molecule has 0 aromatic heterocycles. The van der Waals surface area contributed by atoms with Crippen LogP contribution in [-0.2, 0) is 26.2 Å². The van der Waals surface area contributed by atoms with Crippen LogP contribution in [0.3, 0.4) is 0 Å². The largest absolute Gasteiger partial charge is 0.352 e. The summed E-state index contributed by atoms with van der Waals surface area (Å²) < 4.78 is 29.0. The van der Waals surface area contributed by atoms with Gasteiger partial charge in [-0.3, -0.25) is 13.9 Å². The molecule has 224 valence electrons. The summed E-state index contributed by atoms with van der Waals surface area (Å²) in [5, 5.41) is 4.04. The van der Waals surface area contributed by atoms with Crippen molar-refractivity contribution in [1.29, 1.82) is 0 Å². The Kier molecular flexibility index (Phi) is 10.9. The Balaban J connectivity index is 1.70. The normalized spacial score (nSPS) is 14.7. The number of anilines is 1. The van der Waals surface area contributed by atoms with Crippen molar-refractivity contribution in [2.24, 2.45) is 0 Å². The Hall–Kier alpha value is -3.07. The van der Waals surface area contributed by atoms with Crippen molar-refractivity contribution in [3.05, 3.63) is 94.0 Å². The first-order valence-electron chi connectivity index (χ1n) is 14.3. The van der Waals surface area contributed by atoms with Crippen LogP contribution < -0.4 is 9.62 Å². The van der Waals surface area contributed by atoms with Gasteiger partial charge in [0.05, 0.1) is 10.6 Å². The maximum atomic E-state index is 14.2. The van der Waals surface area contributed by atoms with E-state index in [9.17, 15) is 18.0 Å². The highest BCUT2D eigenvalue weighted by molar-refractivity contribution is 7.92. The summed E-state index contributed by atoms with van der Waals surface area (Å²) in [6, 6.07) is 19.2. The standard InChI is InChI=1S/C32H37Cl2N3O4S/c1-3-30(32(39)35-27-9-5-4-6-10-27)36(21-24-14-16-25(33)17-15-24)31(38)22-37(28-11-7-8-26(34)20-28)42(40,41)29-18-12-23(2)13-19-29/h7-8,11-20,27,30H,3-6,9-10,21-22H2,1-2H3,(H,35,39)/t30-/m1/s1. The van der Waals surface area contributed by atoms with Crippen LogP contribution in [0.2, 0.25) is 10.0 Å². The van der Waals surface area contributed by atoms with Crippen molar-refractivity contribution in [2.75, 3.05) is 10.8 Å². The van der Waals surface area contributed by atoms with E-state index in [-0.39, 0.29) is 29.1 Å². The lowest BCUT2D eigenvalue weighted by Gasteiger charge is -2.34. The molecule has 1 aliphatic rings. The van der Waals surface area contributed by atoms with Gasteiger partial charge in [-0.1, -0.05) is 85.3 Å². The molecule has 0 saturated heterocycles. The Bertz CT molecular complexity index is 1470. The van der Waals surface area contributed by atoms with E-state index < -0.39 is 28.5 Å². The molecular weight excluding hydrogens is 593 g/mol. The van der Waals surface area contributed by atoms with Crippen LogP contribution in [0, 0.1) is 6.92 Å². The molecule has 0 bridgehead atoms. The van der Waals surface area contributed by atoms with Gasteiger partial charge < -0.3 is 10.2 Å². The minimum absolute atomic E-state index is 0.0483. The summed E-state index contributed by atoms with van der Waals surface area (Å²) in [6.45, 7) is 3.31. The average molecular weight is 631 g/mol. The molecule has 4 rings (SSSR count). The molecule has 1 saturated carbocycles. The third-order valence-corrected chi connectivity index (χ3v) is 9.86. The predicted molar refractivity (Wildman–Crippen MR) is 168 cm³/mol. The van der Waals surface area contributed by atoms with Crippen molar-refractivity contribution in [3.63, 3.8) is 0 Å². The van der Waals surface area contributed by atoms with Gasteiger partial charge in [0.25, 0.3) is 10.0 Å². The number of halogens is 2. The molecule has 1 aliphatic carbocycles. The number of nitrogens with one attached hydrogen (secondary N) is 1. The lowest BCUT2D eigenvalue weighted by Crippen LogP contribution is -2.54. The van der Waals surface area contributed by atoms with E-state index in [4.69, 9.17) is 23.2 Å². The Morgan fingerprint density at radius 1 is 0.929 bits per heavy atom. The number of carbonyl (C=O) groups excluding carboxylic acids is 2. The summed E-state index contributed by atoms with van der Waals surface area (Å²) in [5.74, 6) is -0.742. The molecule has 0 radical (unpaired) electrons. The molecule has 10 heteroatoms. The zero-order chi connectivity index (χ0) is 30.3. The number of hydrogen-bond acceptors (Lipinski definition) is 4. The Morgan fingerprint density at radius 2 is 1.60 bits per heavy atom. The van der Waals surface area contributed by atoms with Gasteiger partial charge in [-0.2, -0.15) is 0 Å². The van der Waals surface area contributed by atoms with Crippen LogP contribution in [0.1, 0.15) is 56.6 Å². The summed E-state index contributed by atoms with van der Waals surface area (Å²) >= 11 is 12.3. The lowest BCUT2D eigenvalue weighted by atomic mass is 9.95. The second-order valence-corrected chi connectivity index (χ2v) is 13.5. The van der Waals surface area contributed by atoms with Crippen LogP contribution in [0.5, 0.6) is 0 Å². The van der Waals surface area contributed by atoms with Gasteiger partial charge in [0.15, 0.2) is 0 Å². The smallest absolute Gasteiger partial charge is 0.264 e. The van der Waals surface area contributed by atoms with E-state index >= 15 is 0 Å². The molecule has 3 aromatic rings. The fourth-order valence-electron chi connectivity index (χ4n) is 5.25. The topological polar surface area (TPSA) is 86.8 Å². The molecule has 0 unspecified atom stereocenters. The molecule has 3 aromatic carbocycles. The van der Waals surface area contributed by atoms with Crippen molar-refractivity contribution < 1.29 is 18.0 Å². The first kappa shape index (κ1) is 31.9. The number of aryl methyl sites for hydroxylation is 1. The monoisotopic (exact) mass is 629 g/mol. The maximum Gasteiger partial charge on any atom is 0.264 e. The summed E-state index contributed by atoms with van der Waals surface area (Å²) in [6.07, 6.45) is 5.44. The molecule has 7 nitrogen and oxygen atoms in total. The Labute approximate surface area is 258 Å². The van der Waals surface area contributed by atoms with Crippen LogP contribution in [0.4, 0.5) is 5.69 Å². The molecule has 1 atom stereocenters. The van der Waals surface area contributed by atoms with Crippen molar-refractivity contribution in [1.82, 2.24) is 10.2 Å². The molecule has 2 amide bonds. The van der Waals surface area contributed by atoms with Gasteiger partial charge in [-0.05, 0) is 74.2 Å². The first-order valence-corrected chi connectivity index (χ1v) is 16.5. The van der Waals surface area contributed by atoms with Gasteiger partial charge in [-0.25, -0.2) is 8.42 Å². The highest BCUT2D eigenvalue weighted by Gasteiger charge is 2.34. The molecule has 0 heterocycles. The van der Waals surface area contributed by atoms with Gasteiger partial charge in [0.1, 0.15) is 12.6 Å². The summed E-state index contributed by atoms with van der Waals surface area (Å²) in [4.78, 5) is 29.3. The molecule has 42 heavy (non-hydrogen) atoms. The number of hydrogen-bond donors (Lipinski definition) is 1. The zero-order valence-electron chi connectivity index (χ0n) is 23.9. The third kappa shape index (κ3) is 8.06. The maximum absolute atomic E-state index is 14.2. The SMILES string of the molecule is CC[C@H](C(=O)NC1CCCCC1)N(Cc1ccc(Cl)cc1)C(=O)CN(c1cccc(Cl)c1)S(=O)(=O)c1ccc(C)cc1. The number of nitrogens with zero attached hydrogens (tertiary/aromatic N) is 2. The van der Waals surface area contributed by atoms with Crippen LogP contribution in [-0.4, -0.2) is 43.8 Å². The van der Waals surface area contributed by atoms with Crippen LogP contribution >= 0.6 is 23.2 Å². The number of sulfonamides is 1. The van der Waals surface area contributed by atoms with E-state index in [0.717, 1.165) is 47.5 Å². The average Bonchev–Trinajstić information content (AvgIpc) is 2.97. The van der Waals surface area contributed by atoms with Gasteiger partial charge in [0, 0.05) is 22.6 Å². The predicted octanol–water partition coefficient (Wildman–Crippen LogP) is 6.75. The highest BCUT2D eigenvalue weighted by Crippen LogP contribution is 2.27. The van der Waals surface area contributed by atoms with Crippen molar-refractivity contribution in [3.8, 4) is 0 Å². The number of carbonyl (C=O) groups is 2. The van der Waals surface area contributed by atoms with Crippen molar-refractivity contribution >= 4 is 50.7 Å². The van der Waals surface area contributed by atoms with E-state index in [0.29, 0.717) is 16.5 Å². The third-order valence-electron chi connectivity index (χ3n) is 7.59. The number of rotatable bonds is 11. The summed E-state index contributed by atoms with van der Waals surface area (Å²) in [5.41, 5.74) is 1.93. The van der Waals surface area contributed by atoms with Gasteiger partial charge >= 0.3 is 0 Å². The fourth-order valence-corrected chi connectivity index (χ4v) is 6.96. The van der Waals surface area contributed by atoms with Gasteiger partial charge in [0.2, 0.25) is 11.8 Å². The molecule has 0 aliphatic heterocycles. The quantitative estimate of drug-likeness (QED) is 0.254. The number of amides is 2. The molecular formula is C32H37Cl2N3O4S. The second kappa shape index (κ2) is 14.4. The van der Waals surface area contributed by atoms with E-state index in [1.807, 2.05) is 13.8 Å². The minimum atomic E-state index is -4.16. The molecule has 1 fully saturated rings. The number of benzene rings is 3. The Morgan fingerprint density at radius 3 is 2.21 bits per heavy atom. The second-order valence-electron chi connectivity index (χ2n) is 10.7. The first-order chi connectivity index (χ1) is 20.1. The van der Waals surface area contributed by atoms with Gasteiger partial charge in [-0.15, -0.1) is 0 Å². The van der Waals surface area contributed by atoms with Crippen LogP contribution in [0.15, 0.2) is 77.7 Å². The fraction of sp³-hybridized carbons (Fsp3) is 0.375. The van der Waals surface area contributed by atoms with Crippen LogP contribution in [0.25, 0.3) is 0 Å². The van der Waals surface area contributed by atoms with E-state index in [1.165, 1.54) is 23.1 Å². The highest BCUT2D eigenvalue weighted by atomic mass is 35.5. The molecule has 1 N–H and O–H groups in total.